The summed E-state index contributed by atoms with van der Waals surface area (Å²) in [6.07, 6.45) is 1.64. The van der Waals surface area contributed by atoms with E-state index in [0.29, 0.717) is 16.4 Å². The standard InChI is InChI=1S/C13H17N3O2S2/c1-2-14-8-11-7-13(19-10-11)20(17,18)16-9-12-5-3-4-6-15-12/h3-7,10,14,16H,2,8-9H2,1H3. The SMILES string of the molecule is CCNCc1csc(S(=O)(=O)NCc2ccccn2)c1. The number of nitrogens with zero attached hydrogens (tertiary/aromatic N) is 1. The molecule has 2 rings (SSSR count). The molecule has 20 heavy (non-hydrogen) atoms. The smallest absolute Gasteiger partial charge is 0.250 e. The molecule has 2 N–H and O–H groups in total. The summed E-state index contributed by atoms with van der Waals surface area (Å²) < 4.78 is 27.2. The molecule has 0 radical (unpaired) electrons. The predicted molar refractivity (Wildman–Crippen MR) is 80.0 cm³/mol. The number of nitrogens with one attached hydrogen (secondary N) is 2. The molecule has 0 unspecified atom stereocenters. The van der Waals surface area contributed by atoms with Crippen molar-refractivity contribution in [2.24, 2.45) is 0 Å². The molecule has 2 heterocycles. The highest BCUT2D eigenvalue weighted by Gasteiger charge is 2.16. The average molecular weight is 311 g/mol. The Hall–Kier alpha value is -1.28. The molecule has 2 aromatic heterocycles. The normalized spacial score (nSPS) is 11.7. The maximum absolute atomic E-state index is 12.1. The van der Waals surface area contributed by atoms with Crippen molar-refractivity contribution in [1.82, 2.24) is 15.0 Å². The molecular formula is C13H17N3O2S2. The molecule has 108 valence electrons. The summed E-state index contributed by atoms with van der Waals surface area (Å²) in [5, 5.41) is 5.03. The average Bonchev–Trinajstić information content (AvgIpc) is 2.94. The van der Waals surface area contributed by atoms with Gasteiger partial charge in [0.2, 0.25) is 10.0 Å². The number of rotatable bonds is 7. The lowest BCUT2D eigenvalue weighted by Crippen LogP contribution is -2.22. The van der Waals surface area contributed by atoms with E-state index in [0.717, 1.165) is 12.1 Å². The third-order valence-corrected chi connectivity index (χ3v) is 5.53. The molecule has 0 amide bonds. The van der Waals surface area contributed by atoms with Crippen molar-refractivity contribution in [2.45, 2.75) is 24.2 Å². The van der Waals surface area contributed by atoms with E-state index in [1.807, 2.05) is 18.4 Å². The van der Waals surface area contributed by atoms with E-state index in [-0.39, 0.29) is 6.54 Å². The molecule has 0 aliphatic rings. The zero-order valence-corrected chi connectivity index (χ0v) is 12.8. The van der Waals surface area contributed by atoms with Crippen LogP contribution in [0.2, 0.25) is 0 Å². The van der Waals surface area contributed by atoms with Gasteiger partial charge in [-0.1, -0.05) is 13.0 Å². The Kier molecular flexibility index (Phi) is 5.24. The Morgan fingerprint density at radius 2 is 2.15 bits per heavy atom. The first-order chi connectivity index (χ1) is 9.62. The van der Waals surface area contributed by atoms with Crippen molar-refractivity contribution < 1.29 is 8.42 Å². The first-order valence-corrected chi connectivity index (χ1v) is 8.66. The summed E-state index contributed by atoms with van der Waals surface area (Å²) in [6.45, 7) is 3.75. The Morgan fingerprint density at radius 1 is 1.30 bits per heavy atom. The van der Waals surface area contributed by atoms with Crippen molar-refractivity contribution >= 4 is 21.4 Å². The summed E-state index contributed by atoms with van der Waals surface area (Å²) in [7, 11) is -3.46. The Bertz CT molecular complexity index is 639. The molecule has 0 fully saturated rings. The highest BCUT2D eigenvalue weighted by Crippen LogP contribution is 2.20. The zero-order valence-electron chi connectivity index (χ0n) is 11.2. The lowest BCUT2D eigenvalue weighted by Gasteiger charge is -2.03. The van der Waals surface area contributed by atoms with Crippen LogP contribution in [-0.2, 0) is 23.1 Å². The highest BCUT2D eigenvalue weighted by molar-refractivity contribution is 7.91. The molecule has 0 aliphatic heterocycles. The molecule has 2 aromatic rings. The van der Waals surface area contributed by atoms with Gasteiger partial charge in [-0.3, -0.25) is 4.98 Å². The minimum absolute atomic E-state index is 0.198. The number of aromatic nitrogens is 1. The Balaban J connectivity index is 2.01. The Labute approximate surface area is 123 Å². The number of pyridine rings is 1. The van der Waals surface area contributed by atoms with Crippen molar-refractivity contribution in [3.63, 3.8) is 0 Å². The lowest BCUT2D eigenvalue weighted by atomic mass is 10.3. The fraction of sp³-hybridized carbons (Fsp3) is 0.308. The van der Waals surface area contributed by atoms with Crippen LogP contribution in [0.3, 0.4) is 0 Å². The second-order valence-corrected chi connectivity index (χ2v) is 7.10. The molecule has 0 atom stereocenters. The maximum Gasteiger partial charge on any atom is 0.250 e. The molecule has 0 saturated carbocycles. The van der Waals surface area contributed by atoms with Gasteiger partial charge >= 0.3 is 0 Å². The van der Waals surface area contributed by atoms with Crippen LogP contribution in [0.15, 0.2) is 40.1 Å². The van der Waals surface area contributed by atoms with E-state index in [1.165, 1.54) is 11.3 Å². The summed E-state index contributed by atoms with van der Waals surface area (Å²) in [5.41, 5.74) is 1.68. The highest BCUT2D eigenvalue weighted by atomic mass is 32.2. The zero-order chi connectivity index (χ0) is 14.4. The predicted octanol–water partition coefficient (Wildman–Crippen LogP) is 1.73. The van der Waals surface area contributed by atoms with Crippen LogP contribution in [0, 0.1) is 0 Å². The lowest BCUT2D eigenvalue weighted by molar-refractivity contribution is 0.582. The van der Waals surface area contributed by atoms with Gasteiger partial charge in [-0.25, -0.2) is 13.1 Å². The van der Waals surface area contributed by atoms with Crippen molar-refractivity contribution in [1.29, 1.82) is 0 Å². The van der Waals surface area contributed by atoms with Crippen molar-refractivity contribution in [2.75, 3.05) is 6.54 Å². The summed E-state index contributed by atoms with van der Waals surface area (Å²) in [4.78, 5) is 4.09. The van der Waals surface area contributed by atoms with E-state index in [2.05, 4.69) is 15.0 Å². The van der Waals surface area contributed by atoms with Crippen LogP contribution in [0.1, 0.15) is 18.2 Å². The molecular weight excluding hydrogens is 294 g/mol. The van der Waals surface area contributed by atoms with Crippen LogP contribution in [-0.4, -0.2) is 19.9 Å². The first-order valence-electron chi connectivity index (χ1n) is 6.29. The monoisotopic (exact) mass is 311 g/mol. The number of hydrogen-bond donors (Lipinski definition) is 2. The second kappa shape index (κ2) is 6.94. The number of sulfonamides is 1. The molecule has 0 aliphatic carbocycles. The van der Waals surface area contributed by atoms with E-state index in [1.54, 1.807) is 24.4 Å². The summed E-state index contributed by atoms with van der Waals surface area (Å²) >= 11 is 1.23. The van der Waals surface area contributed by atoms with Gasteiger partial charge in [-0.05, 0) is 35.7 Å². The van der Waals surface area contributed by atoms with E-state index in [4.69, 9.17) is 0 Å². The van der Waals surface area contributed by atoms with Gasteiger partial charge < -0.3 is 5.32 Å². The quantitative estimate of drug-likeness (QED) is 0.817. The minimum Gasteiger partial charge on any atom is -0.313 e. The first kappa shape index (κ1) is 15.1. The van der Waals surface area contributed by atoms with Crippen molar-refractivity contribution in [3.05, 3.63) is 47.1 Å². The van der Waals surface area contributed by atoms with Crippen LogP contribution < -0.4 is 10.0 Å². The number of hydrogen-bond acceptors (Lipinski definition) is 5. The largest absolute Gasteiger partial charge is 0.313 e. The third kappa shape index (κ3) is 4.11. The molecule has 5 nitrogen and oxygen atoms in total. The van der Waals surface area contributed by atoms with E-state index in [9.17, 15) is 8.42 Å². The minimum atomic E-state index is -3.46. The van der Waals surface area contributed by atoms with Gasteiger partial charge in [0.15, 0.2) is 0 Å². The molecule has 0 bridgehead atoms. The number of thiophene rings is 1. The molecule has 0 spiro atoms. The summed E-state index contributed by atoms with van der Waals surface area (Å²) in [6, 6.07) is 7.11. The van der Waals surface area contributed by atoms with Crippen molar-refractivity contribution in [3.8, 4) is 0 Å². The fourth-order valence-corrected chi connectivity index (χ4v) is 3.85. The van der Waals surface area contributed by atoms with Gasteiger partial charge in [0.1, 0.15) is 4.21 Å². The second-order valence-electron chi connectivity index (χ2n) is 4.20. The van der Waals surface area contributed by atoms with Gasteiger partial charge in [0.25, 0.3) is 0 Å². The van der Waals surface area contributed by atoms with Crippen LogP contribution in [0.25, 0.3) is 0 Å². The van der Waals surface area contributed by atoms with Crippen LogP contribution in [0.4, 0.5) is 0 Å². The third-order valence-electron chi connectivity index (χ3n) is 2.64. The van der Waals surface area contributed by atoms with Gasteiger partial charge in [0.05, 0.1) is 12.2 Å². The molecule has 7 heteroatoms. The van der Waals surface area contributed by atoms with E-state index >= 15 is 0 Å². The van der Waals surface area contributed by atoms with Gasteiger partial charge in [-0.2, -0.15) is 0 Å². The molecule has 0 saturated heterocycles. The summed E-state index contributed by atoms with van der Waals surface area (Å²) in [5.74, 6) is 0. The fourth-order valence-electron chi connectivity index (χ4n) is 1.60. The maximum atomic E-state index is 12.1. The topological polar surface area (TPSA) is 71.1 Å². The molecule has 0 aromatic carbocycles. The Morgan fingerprint density at radius 3 is 2.85 bits per heavy atom. The van der Waals surface area contributed by atoms with Gasteiger partial charge in [-0.15, -0.1) is 11.3 Å². The van der Waals surface area contributed by atoms with Crippen LogP contribution >= 0.6 is 11.3 Å². The van der Waals surface area contributed by atoms with Crippen LogP contribution in [0.5, 0.6) is 0 Å². The van der Waals surface area contributed by atoms with E-state index < -0.39 is 10.0 Å². The van der Waals surface area contributed by atoms with Gasteiger partial charge in [0, 0.05) is 12.7 Å².